The summed E-state index contributed by atoms with van der Waals surface area (Å²) < 4.78 is 11.1. The summed E-state index contributed by atoms with van der Waals surface area (Å²) in [6.07, 6.45) is 3.09. The number of hydrogen-bond acceptors (Lipinski definition) is 6. The molecular weight excluding hydrogens is 394 g/mol. The predicted molar refractivity (Wildman–Crippen MR) is 113 cm³/mol. The molecule has 1 atom stereocenters. The minimum absolute atomic E-state index is 0.270. The molecule has 0 radical (unpaired) electrons. The molecule has 0 aliphatic carbocycles. The molecule has 1 aromatic carbocycles. The van der Waals surface area contributed by atoms with Crippen LogP contribution in [0.2, 0.25) is 0 Å². The number of hydrogen-bond donors (Lipinski definition) is 2. The predicted octanol–water partition coefficient (Wildman–Crippen LogP) is 1.82. The molecule has 0 unspecified atom stereocenters. The summed E-state index contributed by atoms with van der Waals surface area (Å²) in [5.74, 6) is 1.43. The van der Waals surface area contributed by atoms with Gasteiger partial charge in [0, 0.05) is 6.54 Å². The maximum Gasteiger partial charge on any atom is 0.325 e. The second-order valence-electron chi connectivity index (χ2n) is 6.45. The summed E-state index contributed by atoms with van der Waals surface area (Å²) in [4.78, 5) is 37.4. The molecule has 29 heavy (non-hydrogen) atoms. The standard InChI is InChI=1S/C20H29N3O5S/c1-4-27-16-7-6-14(12-17(16)28-5-2)8-10-21-18(24)13-23-19(25)15(9-11-29-3)22-20(23)26/h6-7,12,15H,4-5,8-11,13H2,1-3H3,(H,21,24)(H,22,26)/t15-/m1/s1. The third-order valence-electron chi connectivity index (χ3n) is 4.36. The minimum Gasteiger partial charge on any atom is -0.490 e. The van der Waals surface area contributed by atoms with Crippen molar-refractivity contribution in [3.05, 3.63) is 23.8 Å². The van der Waals surface area contributed by atoms with E-state index in [9.17, 15) is 14.4 Å². The number of amides is 4. The molecule has 1 saturated heterocycles. The number of rotatable bonds is 12. The van der Waals surface area contributed by atoms with Crippen molar-refractivity contribution < 1.29 is 23.9 Å². The van der Waals surface area contributed by atoms with Crippen LogP contribution >= 0.6 is 11.8 Å². The van der Waals surface area contributed by atoms with Crippen molar-refractivity contribution in [3.8, 4) is 11.5 Å². The molecule has 0 spiro atoms. The maximum atomic E-state index is 12.3. The van der Waals surface area contributed by atoms with Crippen molar-refractivity contribution >= 4 is 29.6 Å². The van der Waals surface area contributed by atoms with E-state index in [2.05, 4.69) is 10.6 Å². The Kier molecular flexibility index (Phi) is 9.11. The Morgan fingerprint density at radius 2 is 1.93 bits per heavy atom. The lowest BCUT2D eigenvalue weighted by Gasteiger charge is -2.14. The molecule has 8 nitrogen and oxygen atoms in total. The summed E-state index contributed by atoms with van der Waals surface area (Å²) in [7, 11) is 0. The molecule has 0 saturated carbocycles. The van der Waals surface area contributed by atoms with Crippen molar-refractivity contribution in [1.29, 1.82) is 0 Å². The number of carbonyl (C=O) groups excluding carboxylic acids is 3. The van der Waals surface area contributed by atoms with Gasteiger partial charge in [0.15, 0.2) is 11.5 Å². The topological polar surface area (TPSA) is 97.0 Å². The molecule has 2 rings (SSSR count). The molecule has 4 amide bonds. The van der Waals surface area contributed by atoms with Crippen molar-refractivity contribution in [3.63, 3.8) is 0 Å². The summed E-state index contributed by atoms with van der Waals surface area (Å²) >= 11 is 1.61. The third kappa shape index (κ3) is 6.56. The average molecular weight is 424 g/mol. The summed E-state index contributed by atoms with van der Waals surface area (Å²) in [5, 5.41) is 5.39. The molecule has 1 fully saturated rings. The molecule has 1 aromatic rings. The van der Waals surface area contributed by atoms with Gasteiger partial charge in [-0.1, -0.05) is 6.07 Å². The first-order valence-corrected chi connectivity index (χ1v) is 11.2. The first-order valence-electron chi connectivity index (χ1n) is 9.76. The van der Waals surface area contributed by atoms with E-state index in [1.807, 2.05) is 38.3 Å². The first-order chi connectivity index (χ1) is 14.0. The Morgan fingerprint density at radius 3 is 2.62 bits per heavy atom. The van der Waals surface area contributed by atoms with E-state index in [4.69, 9.17) is 9.47 Å². The van der Waals surface area contributed by atoms with E-state index in [0.717, 1.165) is 16.2 Å². The van der Waals surface area contributed by atoms with Crippen LogP contribution in [0.3, 0.4) is 0 Å². The number of nitrogens with one attached hydrogen (secondary N) is 2. The van der Waals surface area contributed by atoms with Crippen LogP contribution in [0.4, 0.5) is 4.79 Å². The van der Waals surface area contributed by atoms with Gasteiger partial charge in [-0.05, 0) is 56.4 Å². The smallest absolute Gasteiger partial charge is 0.325 e. The SMILES string of the molecule is CCOc1ccc(CCNC(=O)CN2C(=O)N[C@H](CCSC)C2=O)cc1OCC. The monoisotopic (exact) mass is 423 g/mol. The minimum atomic E-state index is -0.538. The quantitative estimate of drug-likeness (QED) is 0.498. The van der Waals surface area contributed by atoms with E-state index < -0.39 is 12.1 Å². The van der Waals surface area contributed by atoms with Gasteiger partial charge in [0.1, 0.15) is 12.6 Å². The van der Waals surface area contributed by atoms with Gasteiger partial charge in [-0.2, -0.15) is 11.8 Å². The van der Waals surface area contributed by atoms with Crippen LogP contribution in [0.25, 0.3) is 0 Å². The Hall–Kier alpha value is -2.42. The van der Waals surface area contributed by atoms with E-state index in [0.29, 0.717) is 44.1 Å². The zero-order valence-corrected chi connectivity index (χ0v) is 18.0. The lowest BCUT2D eigenvalue weighted by Crippen LogP contribution is -2.41. The molecule has 9 heteroatoms. The maximum absolute atomic E-state index is 12.3. The number of ether oxygens (including phenoxy) is 2. The Labute approximate surface area is 175 Å². The molecule has 0 aromatic heterocycles. The number of carbonyl (C=O) groups is 3. The number of nitrogens with zero attached hydrogens (tertiary/aromatic N) is 1. The molecule has 1 aliphatic rings. The first kappa shape index (κ1) is 22.9. The highest BCUT2D eigenvalue weighted by atomic mass is 32.2. The van der Waals surface area contributed by atoms with Gasteiger partial charge in [-0.3, -0.25) is 14.5 Å². The van der Waals surface area contributed by atoms with Gasteiger partial charge < -0.3 is 20.1 Å². The van der Waals surface area contributed by atoms with Gasteiger partial charge in [0.25, 0.3) is 5.91 Å². The van der Waals surface area contributed by atoms with Crippen LogP contribution in [-0.2, 0) is 16.0 Å². The summed E-state index contributed by atoms with van der Waals surface area (Å²) in [5.41, 5.74) is 0.990. The van der Waals surface area contributed by atoms with E-state index in [1.165, 1.54) is 0 Å². The van der Waals surface area contributed by atoms with Crippen LogP contribution in [-0.4, -0.2) is 67.1 Å². The highest BCUT2D eigenvalue weighted by Gasteiger charge is 2.38. The van der Waals surface area contributed by atoms with Crippen molar-refractivity contribution in [1.82, 2.24) is 15.5 Å². The van der Waals surface area contributed by atoms with Gasteiger partial charge in [-0.15, -0.1) is 0 Å². The van der Waals surface area contributed by atoms with E-state index in [-0.39, 0.29) is 18.4 Å². The third-order valence-corrected chi connectivity index (χ3v) is 5.01. The molecule has 2 N–H and O–H groups in total. The lowest BCUT2D eigenvalue weighted by atomic mass is 10.1. The van der Waals surface area contributed by atoms with E-state index in [1.54, 1.807) is 11.8 Å². The number of imide groups is 1. The molecule has 1 heterocycles. The van der Waals surface area contributed by atoms with Crippen molar-refractivity contribution in [2.75, 3.05) is 38.3 Å². The largest absolute Gasteiger partial charge is 0.490 e. The fourth-order valence-electron chi connectivity index (χ4n) is 2.95. The Morgan fingerprint density at radius 1 is 1.21 bits per heavy atom. The molecule has 1 aliphatic heterocycles. The van der Waals surface area contributed by atoms with Crippen LogP contribution in [0.1, 0.15) is 25.8 Å². The average Bonchev–Trinajstić information content (AvgIpc) is 2.96. The van der Waals surface area contributed by atoms with Crippen LogP contribution in [0, 0.1) is 0 Å². The van der Waals surface area contributed by atoms with Crippen LogP contribution in [0.15, 0.2) is 18.2 Å². The van der Waals surface area contributed by atoms with Crippen molar-refractivity contribution in [2.24, 2.45) is 0 Å². The van der Waals surface area contributed by atoms with Crippen LogP contribution in [0.5, 0.6) is 11.5 Å². The van der Waals surface area contributed by atoms with Gasteiger partial charge >= 0.3 is 6.03 Å². The summed E-state index contributed by atoms with van der Waals surface area (Å²) in [6, 6.07) is 4.63. The second kappa shape index (κ2) is 11.5. The molecule has 0 bridgehead atoms. The lowest BCUT2D eigenvalue weighted by molar-refractivity contribution is -0.132. The van der Waals surface area contributed by atoms with Crippen LogP contribution < -0.4 is 20.1 Å². The zero-order chi connectivity index (χ0) is 21.2. The number of benzene rings is 1. The fourth-order valence-corrected chi connectivity index (χ4v) is 3.43. The van der Waals surface area contributed by atoms with Gasteiger partial charge in [0.2, 0.25) is 5.91 Å². The second-order valence-corrected chi connectivity index (χ2v) is 7.44. The van der Waals surface area contributed by atoms with Gasteiger partial charge in [0.05, 0.1) is 13.2 Å². The normalized spacial score (nSPS) is 16.0. The Balaban J connectivity index is 1.83. The number of urea groups is 1. The van der Waals surface area contributed by atoms with Gasteiger partial charge in [-0.25, -0.2) is 4.79 Å². The van der Waals surface area contributed by atoms with Crippen molar-refractivity contribution in [2.45, 2.75) is 32.7 Å². The summed E-state index contributed by atoms with van der Waals surface area (Å²) in [6.45, 7) is 5.02. The Bertz CT molecular complexity index is 728. The highest BCUT2D eigenvalue weighted by Crippen LogP contribution is 2.28. The zero-order valence-electron chi connectivity index (χ0n) is 17.2. The fraction of sp³-hybridized carbons (Fsp3) is 0.550. The molecule has 160 valence electrons. The number of thioether (sulfide) groups is 1. The molecular formula is C20H29N3O5S. The highest BCUT2D eigenvalue weighted by molar-refractivity contribution is 7.98. The van der Waals surface area contributed by atoms with E-state index >= 15 is 0 Å².